The lowest BCUT2D eigenvalue weighted by Crippen LogP contribution is -2.34. The van der Waals surface area contributed by atoms with Crippen molar-refractivity contribution in [3.63, 3.8) is 0 Å². The van der Waals surface area contributed by atoms with Crippen LogP contribution in [0, 0.1) is 0 Å². The van der Waals surface area contributed by atoms with Gasteiger partial charge in [0.2, 0.25) is 0 Å². The van der Waals surface area contributed by atoms with Crippen molar-refractivity contribution in [3.05, 3.63) is 29.8 Å². The van der Waals surface area contributed by atoms with Crippen LogP contribution in [0.1, 0.15) is 12.0 Å². The fraction of sp³-hybridized carbons (Fsp3) is 0.500. The highest BCUT2D eigenvalue weighted by molar-refractivity contribution is 7.99. The Kier molecular flexibility index (Phi) is 5.48. The molecular weight excluding hydrogens is 276 g/mol. The first-order chi connectivity index (χ1) is 9.16. The van der Waals surface area contributed by atoms with E-state index in [1.807, 2.05) is 36.0 Å². The van der Waals surface area contributed by atoms with Crippen LogP contribution in [0.2, 0.25) is 0 Å². The van der Waals surface area contributed by atoms with Gasteiger partial charge in [0.05, 0.1) is 0 Å². The molecule has 0 aromatic heterocycles. The second-order valence-corrected chi connectivity index (χ2v) is 6.32. The van der Waals surface area contributed by atoms with Crippen molar-refractivity contribution in [1.82, 2.24) is 4.90 Å². The smallest absolute Gasteiger partial charge is 0.119 e. The van der Waals surface area contributed by atoms with Gasteiger partial charge in [0.25, 0.3) is 0 Å². The standard InChI is InChI=1S/C14H20N2OS2/c1-16(12-6-9-19-10-12)7-8-17-13-4-2-11(3-5-13)14(15)18/h2-5,12H,6-10H2,1H3,(H2,15,18). The maximum Gasteiger partial charge on any atom is 0.119 e. The van der Waals surface area contributed by atoms with E-state index in [9.17, 15) is 0 Å². The zero-order valence-corrected chi connectivity index (χ0v) is 12.8. The summed E-state index contributed by atoms with van der Waals surface area (Å²) >= 11 is 6.95. The van der Waals surface area contributed by atoms with E-state index in [-0.39, 0.29) is 0 Å². The normalized spacial score (nSPS) is 18.7. The molecule has 3 nitrogen and oxygen atoms in total. The molecule has 1 aliphatic heterocycles. The van der Waals surface area contributed by atoms with E-state index in [0.717, 1.165) is 17.9 Å². The van der Waals surface area contributed by atoms with Crippen LogP contribution in [-0.2, 0) is 0 Å². The summed E-state index contributed by atoms with van der Waals surface area (Å²) in [7, 11) is 2.18. The first-order valence-corrected chi connectivity index (χ1v) is 8.04. The summed E-state index contributed by atoms with van der Waals surface area (Å²) in [6, 6.07) is 8.34. The van der Waals surface area contributed by atoms with Crippen molar-refractivity contribution in [2.45, 2.75) is 12.5 Å². The van der Waals surface area contributed by atoms with Gasteiger partial charge >= 0.3 is 0 Å². The molecule has 1 unspecified atom stereocenters. The van der Waals surface area contributed by atoms with Crippen LogP contribution in [-0.4, -0.2) is 47.6 Å². The number of hydrogen-bond donors (Lipinski definition) is 1. The van der Waals surface area contributed by atoms with Gasteiger partial charge in [0, 0.05) is 23.9 Å². The summed E-state index contributed by atoms with van der Waals surface area (Å²) in [6.07, 6.45) is 1.30. The van der Waals surface area contributed by atoms with Crippen molar-refractivity contribution in [2.75, 3.05) is 31.7 Å². The van der Waals surface area contributed by atoms with Crippen LogP contribution < -0.4 is 10.5 Å². The number of hydrogen-bond acceptors (Lipinski definition) is 4. The average Bonchev–Trinajstić information content (AvgIpc) is 2.93. The molecule has 1 heterocycles. The maximum absolute atomic E-state index is 5.74. The Labute approximate surface area is 124 Å². The van der Waals surface area contributed by atoms with Gasteiger partial charge in [-0.05, 0) is 43.5 Å². The van der Waals surface area contributed by atoms with Crippen LogP contribution >= 0.6 is 24.0 Å². The molecule has 1 aromatic carbocycles. The second-order valence-electron chi connectivity index (χ2n) is 4.74. The molecule has 1 aliphatic rings. The lowest BCUT2D eigenvalue weighted by atomic mass is 10.2. The third-order valence-electron chi connectivity index (χ3n) is 3.38. The number of rotatable bonds is 6. The maximum atomic E-state index is 5.74. The quantitative estimate of drug-likeness (QED) is 0.814. The molecule has 1 saturated heterocycles. The molecule has 0 radical (unpaired) electrons. The van der Waals surface area contributed by atoms with E-state index in [1.54, 1.807) is 0 Å². The monoisotopic (exact) mass is 296 g/mol. The largest absolute Gasteiger partial charge is 0.492 e. The highest BCUT2D eigenvalue weighted by Crippen LogP contribution is 2.21. The summed E-state index contributed by atoms with van der Waals surface area (Å²) in [6.45, 7) is 1.67. The molecule has 0 amide bonds. The van der Waals surface area contributed by atoms with E-state index in [1.165, 1.54) is 17.9 Å². The Morgan fingerprint density at radius 2 is 2.21 bits per heavy atom. The molecule has 1 aromatic rings. The second kappa shape index (κ2) is 7.12. The molecular formula is C14H20N2OS2. The first-order valence-electron chi connectivity index (χ1n) is 6.47. The van der Waals surface area contributed by atoms with Crippen LogP contribution in [0.4, 0.5) is 0 Å². The third kappa shape index (κ3) is 4.37. The molecule has 1 atom stereocenters. The van der Waals surface area contributed by atoms with Gasteiger partial charge in [-0.15, -0.1) is 0 Å². The van der Waals surface area contributed by atoms with Crippen molar-refractivity contribution < 1.29 is 4.74 Å². The summed E-state index contributed by atoms with van der Waals surface area (Å²) in [4.78, 5) is 2.81. The van der Waals surface area contributed by atoms with Gasteiger partial charge in [-0.1, -0.05) is 12.2 Å². The number of nitrogens with zero attached hydrogens (tertiary/aromatic N) is 1. The zero-order chi connectivity index (χ0) is 13.7. The van der Waals surface area contributed by atoms with E-state index in [0.29, 0.717) is 17.6 Å². The minimum atomic E-state index is 0.421. The van der Waals surface area contributed by atoms with Crippen LogP contribution in [0.25, 0.3) is 0 Å². The van der Waals surface area contributed by atoms with Gasteiger partial charge in [-0.2, -0.15) is 11.8 Å². The molecule has 2 rings (SSSR count). The minimum Gasteiger partial charge on any atom is -0.492 e. The lowest BCUT2D eigenvalue weighted by molar-refractivity contribution is 0.202. The van der Waals surface area contributed by atoms with E-state index in [4.69, 9.17) is 22.7 Å². The highest BCUT2D eigenvalue weighted by Gasteiger charge is 2.19. The highest BCUT2D eigenvalue weighted by atomic mass is 32.2. The SMILES string of the molecule is CN(CCOc1ccc(C(N)=S)cc1)C1CCSC1. The van der Waals surface area contributed by atoms with E-state index >= 15 is 0 Å². The summed E-state index contributed by atoms with van der Waals surface area (Å²) in [5.74, 6) is 3.41. The van der Waals surface area contributed by atoms with Crippen molar-refractivity contribution in [1.29, 1.82) is 0 Å². The van der Waals surface area contributed by atoms with Gasteiger partial charge in [-0.25, -0.2) is 0 Å². The fourth-order valence-corrected chi connectivity index (χ4v) is 3.51. The molecule has 0 bridgehead atoms. The number of thioether (sulfide) groups is 1. The molecule has 2 N–H and O–H groups in total. The summed E-state index contributed by atoms with van der Waals surface area (Å²) < 4.78 is 5.74. The number of ether oxygens (including phenoxy) is 1. The number of likely N-dealkylation sites (N-methyl/N-ethyl adjacent to an activating group) is 1. The van der Waals surface area contributed by atoms with Crippen LogP contribution in [0.3, 0.4) is 0 Å². The topological polar surface area (TPSA) is 38.5 Å². The van der Waals surface area contributed by atoms with Gasteiger partial charge in [0.1, 0.15) is 17.3 Å². The molecule has 0 aliphatic carbocycles. The molecule has 1 fully saturated rings. The van der Waals surface area contributed by atoms with Crippen LogP contribution in [0.5, 0.6) is 5.75 Å². The molecule has 5 heteroatoms. The Morgan fingerprint density at radius 3 is 2.79 bits per heavy atom. The molecule has 0 spiro atoms. The molecule has 19 heavy (non-hydrogen) atoms. The predicted octanol–water partition coefficient (Wildman–Crippen LogP) is 2.14. The summed E-state index contributed by atoms with van der Waals surface area (Å²) in [5.41, 5.74) is 6.43. The average molecular weight is 296 g/mol. The Bertz CT molecular complexity index is 416. The van der Waals surface area contributed by atoms with Gasteiger partial charge < -0.3 is 10.5 Å². The van der Waals surface area contributed by atoms with Crippen molar-refractivity contribution in [3.8, 4) is 5.75 Å². The summed E-state index contributed by atoms with van der Waals surface area (Å²) in [5, 5.41) is 0. The Morgan fingerprint density at radius 1 is 1.47 bits per heavy atom. The Hall–Kier alpha value is -0.780. The third-order valence-corrected chi connectivity index (χ3v) is 4.76. The first kappa shape index (κ1) is 14.6. The number of thiocarbonyl (C=S) groups is 1. The van der Waals surface area contributed by atoms with Crippen molar-refractivity contribution >= 4 is 29.0 Å². The minimum absolute atomic E-state index is 0.421. The van der Waals surface area contributed by atoms with E-state index < -0.39 is 0 Å². The predicted molar refractivity (Wildman–Crippen MR) is 86.2 cm³/mol. The van der Waals surface area contributed by atoms with Gasteiger partial charge in [0.15, 0.2) is 0 Å². The molecule has 0 saturated carbocycles. The van der Waals surface area contributed by atoms with Crippen molar-refractivity contribution in [2.24, 2.45) is 5.73 Å². The lowest BCUT2D eigenvalue weighted by Gasteiger charge is -2.23. The number of nitrogens with two attached hydrogens (primary N) is 1. The van der Waals surface area contributed by atoms with Gasteiger partial charge in [-0.3, -0.25) is 4.90 Å². The fourth-order valence-electron chi connectivity index (χ4n) is 2.08. The van der Waals surface area contributed by atoms with E-state index in [2.05, 4.69) is 11.9 Å². The number of benzene rings is 1. The zero-order valence-electron chi connectivity index (χ0n) is 11.2. The Balaban J connectivity index is 1.74. The molecule has 104 valence electrons. The van der Waals surface area contributed by atoms with Crippen LogP contribution in [0.15, 0.2) is 24.3 Å².